The second-order valence-corrected chi connectivity index (χ2v) is 4.39. The Morgan fingerprint density at radius 2 is 1.95 bits per heavy atom. The second kappa shape index (κ2) is 5.80. The lowest BCUT2D eigenvalue weighted by atomic mass is 10.2. The average molecular weight is 282 g/mol. The quantitative estimate of drug-likeness (QED) is 0.870. The molecule has 0 unspecified atom stereocenters. The van der Waals surface area contributed by atoms with Gasteiger partial charge in [0.1, 0.15) is 23.9 Å². The zero-order valence-electron chi connectivity index (χ0n) is 10.3. The van der Waals surface area contributed by atoms with Crippen molar-refractivity contribution in [1.82, 2.24) is 0 Å². The van der Waals surface area contributed by atoms with Gasteiger partial charge in [0.25, 0.3) is 0 Å². The van der Waals surface area contributed by atoms with Gasteiger partial charge in [-0.2, -0.15) is 0 Å². The van der Waals surface area contributed by atoms with E-state index in [1.807, 2.05) is 6.07 Å². The van der Waals surface area contributed by atoms with Crippen LogP contribution < -0.4 is 15.2 Å². The minimum absolute atomic E-state index is 0.0676. The summed E-state index contributed by atoms with van der Waals surface area (Å²) in [4.78, 5) is 0. The molecule has 0 amide bonds. The van der Waals surface area contributed by atoms with E-state index in [-0.39, 0.29) is 11.6 Å². The van der Waals surface area contributed by atoms with Crippen LogP contribution in [-0.4, -0.2) is 7.11 Å². The predicted molar refractivity (Wildman–Crippen MR) is 73.1 cm³/mol. The molecule has 0 aliphatic rings. The van der Waals surface area contributed by atoms with Gasteiger partial charge in [-0.1, -0.05) is 11.6 Å². The first-order chi connectivity index (χ1) is 9.08. The fourth-order valence-electron chi connectivity index (χ4n) is 1.62. The Morgan fingerprint density at radius 1 is 1.16 bits per heavy atom. The molecule has 0 spiro atoms. The maximum absolute atomic E-state index is 13.2. The first-order valence-electron chi connectivity index (χ1n) is 5.60. The molecule has 2 aromatic carbocycles. The van der Waals surface area contributed by atoms with Gasteiger partial charge in [-0.05, 0) is 29.8 Å². The molecule has 0 fully saturated rings. The molecular formula is C14H13ClFNO2. The summed E-state index contributed by atoms with van der Waals surface area (Å²) in [6, 6.07) is 9.59. The van der Waals surface area contributed by atoms with Crippen LogP contribution in [0.15, 0.2) is 36.4 Å². The summed E-state index contributed by atoms with van der Waals surface area (Å²) < 4.78 is 23.8. The highest BCUT2D eigenvalue weighted by atomic mass is 35.5. The molecule has 0 aromatic heterocycles. The summed E-state index contributed by atoms with van der Waals surface area (Å²) in [5.74, 6) is 0.550. The molecule has 0 bridgehead atoms. The Morgan fingerprint density at radius 3 is 2.63 bits per heavy atom. The fourth-order valence-corrected chi connectivity index (χ4v) is 1.74. The zero-order chi connectivity index (χ0) is 13.8. The smallest absolute Gasteiger partial charge is 0.145 e. The third kappa shape index (κ3) is 3.51. The topological polar surface area (TPSA) is 44.5 Å². The van der Waals surface area contributed by atoms with E-state index in [0.29, 0.717) is 17.2 Å². The molecule has 0 radical (unpaired) electrons. The minimum atomic E-state index is -0.510. The Hall–Kier alpha value is -1.94. The number of hydrogen-bond acceptors (Lipinski definition) is 3. The first-order valence-corrected chi connectivity index (χ1v) is 5.97. The second-order valence-electron chi connectivity index (χ2n) is 3.98. The molecule has 0 saturated carbocycles. The first kappa shape index (κ1) is 13.5. The number of rotatable bonds is 4. The molecule has 0 saturated heterocycles. The summed E-state index contributed by atoms with van der Waals surface area (Å²) in [5.41, 5.74) is 7.16. The van der Waals surface area contributed by atoms with Gasteiger partial charge in [-0.25, -0.2) is 4.39 Å². The van der Waals surface area contributed by atoms with Gasteiger partial charge in [-0.15, -0.1) is 0 Å². The number of nitrogens with two attached hydrogens (primary N) is 1. The van der Waals surface area contributed by atoms with E-state index in [4.69, 9.17) is 26.8 Å². The number of nitrogen functional groups attached to an aromatic ring is 1. The summed E-state index contributed by atoms with van der Waals surface area (Å²) in [6.07, 6.45) is 0. The summed E-state index contributed by atoms with van der Waals surface area (Å²) >= 11 is 5.59. The third-order valence-corrected chi connectivity index (χ3v) is 2.83. The molecule has 5 heteroatoms. The molecule has 0 aliphatic carbocycles. The van der Waals surface area contributed by atoms with Crippen LogP contribution in [-0.2, 0) is 6.61 Å². The molecule has 3 nitrogen and oxygen atoms in total. The van der Waals surface area contributed by atoms with E-state index in [0.717, 1.165) is 5.56 Å². The fraction of sp³-hybridized carbons (Fsp3) is 0.143. The molecule has 0 atom stereocenters. The number of methoxy groups -OCH3 is 1. The number of anilines is 1. The number of ether oxygens (including phenoxy) is 2. The van der Waals surface area contributed by atoms with Gasteiger partial charge in [0.05, 0.1) is 12.1 Å². The maximum Gasteiger partial charge on any atom is 0.145 e. The number of halogens is 2. The molecule has 100 valence electrons. The number of hydrogen-bond donors (Lipinski definition) is 1. The van der Waals surface area contributed by atoms with E-state index >= 15 is 0 Å². The minimum Gasteiger partial charge on any atom is -0.497 e. The van der Waals surface area contributed by atoms with Crippen LogP contribution in [0.3, 0.4) is 0 Å². The highest BCUT2D eigenvalue weighted by molar-refractivity contribution is 6.30. The van der Waals surface area contributed by atoms with Crippen LogP contribution in [0.1, 0.15) is 5.56 Å². The van der Waals surface area contributed by atoms with Crippen molar-refractivity contribution < 1.29 is 13.9 Å². The van der Waals surface area contributed by atoms with Crippen molar-refractivity contribution in [2.45, 2.75) is 6.61 Å². The van der Waals surface area contributed by atoms with Gasteiger partial charge < -0.3 is 15.2 Å². The van der Waals surface area contributed by atoms with Crippen molar-refractivity contribution in [3.63, 3.8) is 0 Å². The molecule has 0 aliphatic heterocycles. The van der Waals surface area contributed by atoms with E-state index < -0.39 is 5.82 Å². The largest absolute Gasteiger partial charge is 0.497 e. The monoisotopic (exact) mass is 281 g/mol. The molecule has 19 heavy (non-hydrogen) atoms. The Kier molecular flexibility index (Phi) is 4.12. The highest BCUT2D eigenvalue weighted by Gasteiger charge is 2.04. The normalized spacial score (nSPS) is 10.3. The zero-order valence-corrected chi connectivity index (χ0v) is 11.1. The Bertz CT molecular complexity index is 590. The Labute approximate surface area is 115 Å². The van der Waals surface area contributed by atoms with Crippen molar-refractivity contribution in [3.8, 4) is 11.5 Å². The lowest BCUT2D eigenvalue weighted by Crippen LogP contribution is -1.98. The lowest BCUT2D eigenvalue weighted by Gasteiger charge is -2.09. The summed E-state index contributed by atoms with van der Waals surface area (Å²) in [6.45, 7) is 0.266. The average Bonchev–Trinajstić information content (AvgIpc) is 2.39. The van der Waals surface area contributed by atoms with Gasteiger partial charge in [-0.3, -0.25) is 0 Å². The summed E-state index contributed by atoms with van der Waals surface area (Å²) in [5, 5.41) is 0.0676. The summed E-state index contributed by atoms with van der Waals surface area (Å²) in [7, 11) is 1.56. The molecule has 0 heterocycles. The van der Waals surface area contributed by atoms with Crippen LogP contribution >= 0.6 is 11.6 Å². The molecule has 2 N–H and O–H groups in total. The van der Waals surface area contributed by atoms with Crippen LogP contribution in [0.25, 0.3) is 0 Å². The third-order valence-electron chi connectivity index (χ3n) is 2.52. The Balaban J connectivity index is 2.09. The number of benzene rings is 2. The van der Waals surface area contributed by atoms with Crippen molar-refractivity contribution >= 4 is 17.3 Å². The molecule has 2 rings (SSSR count). The van der Waals surface area contributed by atoms with Crippen LogP contribution in [0, 0.1) is 5.82 Å². The van der Waals surface area contributed by atoms with E-state index in [2.05, 4.69) is 0 Å². The van der Waals surface area contributed by atoms with E-state index in [9.17, 15) is 4.39 Å². The maximum atomic E-state index is 13.2. The van der Waals surface area contributed by atoms with Crippen molar-refractivity contribution in [3.05, 3.63) is 52.8 Å². The lowest BCUT2D eigenvalue weighted by molar-refractivity contribution is 0.303. The predicted octanol–water partition coefficient (Wildman–Crippen LogP) is 3.65. The van der Waals surface area contributed by atoms with Crippen LogP contribution in [0.5, 0.6) is 11.5 Å². The van der Waals surface area contributed by atoms with Crippen molar-refractivity contribution in [2.75, 3.05) is 12.8 Å². The standard InChI is InChI=1S/C14H13ClFNO2/c1-18-12-5-9(4-10(17)6-12)8-19-11-2-3-13(15)14(16)7-11/h2-7H,8,17H2,1H3. The highest BCUT2D eigenvalue weighted by Crippen LogP contribution is 2.23. The van der Waals surface area contributed by atoms with E-state index in [1.165, 1.54) is 12.1 Å². The van der Waals surface area contributed by atoms with Crippen LogP contribution in [0.2, 0.25) is 5.02 Å². The van der Waals surface area contributed by atoms with Crippen molar-refractivity contribution in [2.24, 2.45) is 0 Å². The van der Waals surface area contributed by atoms with Gasteiger partial charge in [0.2, 0.25) is 0 Å². The van der Waals surface area contributed by atoms with Gasteiger partial charge in [0, 0.05) is 17.8 Å². The SMILES string of the molecule is COc1cc(N)cc(COc2ccc(Cl)c(F)c2)c1. The van der Waals surface area contributed by atoms with Crippen LogP contribution in [0.4, 0.5) is 10.1 Å². The van der Waals surface area contributed by atoms with Gasteiger partial charge >= 0.3 is 0 Å². The van der Waals surface area contributed by atoms with E-state index in [1.54, 1.807) is 25.3 Å². The molecule has 2 aromatic rings. The van der Waals surface area contributed by atoms with Gasteiger partial charge in [0.15, 0.2) is 0 Å². The molecular weight excluding hydrogens is 269 g/mol. The van der Waals surface area contributed by atoms with Crippen molar-refractivity contribution in [1.29, 1.82) is 0 Å².